The largest absolute Gasteiger partial charge is 0.489 e. The highest BCUT2D eigenvalue weighted by Crippen LogP contribution is 2.44. The lowest BCUT2D eigenvalue weighted by molar-refractivity contribution is -0.141. The Kier molecular flexibility index (Phi) is 8.66. The Balaban J connectivity index is 1.33. The van der Waals surface area contributed by atoms with Gasteiger partial charge in [-0.15, -0.1) is 0 Å². The van der Waals surface area contributed by atoms with Crippen molar-refractivity contribution in [2.45, 2.75) is 38.9 Å². The smallest absolute Gasteiger partial charge is 0.352 e. The van der Waals surface area contributed by atoms with Crippen LogP contribution in [-0.2, 0) is 17.8 Å². The van der Waals surface area contributed by atoms with Crippen LogP contribution in [0.2, 0.25) is 5.02 Å². The average Bonchev–Trinajstić information content (AvgIpc) is 3.00. The molecule has 1 heterocycles. The maximum Gasteiger partial charge on any atom is 0.352 e. The second kappa shape index (κ2) is 12.7. The summed E-state index contributed by atoms with van der Waals surface area (Å²) in [5.41, 5.74) is 10.1. The lowest BCUT2D eigenvalue weighted by Crippen LogP contribution is -2.28. The molecule has 0 spiro atoms. The lowest BCUT2D eigenvalue weighted by atomic mass is 9.83. The maximum atomic E-state index is 12.8. The Morgan fingerprint density at radius 3 is 2.40 bits per heavy atom. The van der Waals surface area contributed by atoms with Crippen LogP contribution in [0.15, 0.2) is 102 Å². The fourth-order valence-corrected chi connectivity index (χ4v) is 4.75. The molecular weight excluding hydrogens is 552 g/mol. The zero-order valence-corrected chi connectivity index (χ0v) is 23.9. The topological polar surface area (TPSA) is 104 Å². The van der Waals surface area contributed by atoms with Crippen LogP contribution in [0.1, 0.15) is 42.0 Å². The van der Waals surface area contributed by atoms with Gasteiger partial charge in [-0.2, -0.15) is 5.26 Å². The van der Waals surface area contributed by atoms with E-state index in [0.717, 1.165) is 17.5 Å². The van der Waals surface area contributed by atoms with Gasteiger partial charge in [-0.3, -0.25) is 0 Å². The fraction of sp³-hybridized carbons (Fsp3) is 0.176. The van der Waals surface area contributed by atoms with Gasteiger partial charge in [0, 0.05) is 16.7 Å². The molecule has 0 aliphatic carbocycles. The molecule has 0 saturated heterocycles. The lowest BCUT2D eigenvalue weighted by Gasteiger charge is -2.27. The molecule has 0 aromatic heterocycles. The SMILES string of the molecule is CCc1ccc(OC(C)C(=O)Oc2ccc3c(c2)OC(N)=C(C#N)C3c2cccc(OCc3ccc(Cl)cc3)c2)cc1. The van der Waals surface area contributed by atoms with E-state index in [-0.39, 0.29) is 17.2 Å². The van der Waals surface area contributed by atoms with Gasteiger partial charge < -0.3 is 24.7 Å². The van der Waals surface area contributed by atoms with E-state index in [1.807, 2.05) is 72.8 Å². The molecule has 0 amide bonds. The summed E-state index contributed by atoms with van der Waals surface area (Å²) in [5.74, 6) is 0.785. The minimum atomic E-state index is -0.840. The van der Waals surface area contributed by atoms with Crippen LogP contribution in [0.5, 0.6) is 23.0 Å². The van der Waals surface area contributed by atoms with Gasteiger partial charge in [0.2, 0.25) is 5.88 Å². The number of nitrogens with zero attached hydrogens (tertiary/aromatic N) is 1. The number of allylic oxidation sites excluding steroid dienone is 1. The number of esters is 1. The number of hydrogen-bond donors (Lipinski definition) is 1. The summed E-state index contributed by atoms with van der Waals surface area (Å²) in [5, 5.41) is 10.6. The standard InChI is InChI=1S/C34H29ClN2O5/c1-3-22-9-13-26(14-10-22)40-21(2)34(38)41-28-15-16-29-31(18-28)42-33(37)30(19-36)32(29)24-5-4-6-27(17-24)39-20-23-7-11-25(35)12-8-23/h4-18,21,32H,3,20,37H2,1-2H3. The van der Waals surface area contributed by atoms with Crippen LogP contribution in [0, 0.1) is 11.3 Å². The molecule has 1 aliphatic heterocycles. The zero-order valence-electron chi connectivity index (χ0n) is 23.2. The first kappa shape index (κ1) is 28.6. The second-order valence-electron chi connectivity index (χ2n) is 9.79. The predicted molar refractivity (Wildman–Crippen MR) is 160 cm³/mol. The Morgan fingerprint density at radius 1 is 0.976 bits per heavy atom. The van der Waals surface area contributed by atoms with Crippen LogP contribution in [-0.4, -0.2) is 12.1 Å². The van der Waals surface area contributed by atoms with Crippen molar-refractivity contribution >= 4 is 17.6 Å². The molecule has 1 aliphatic rings. The van der Waals surface area contributed by atoms with Gasteiger partial charge in [-0.1, -0.05) is 61.0 Å². The highest BCUT2D eigenvalue weighted by atomic mass is 35.5. The highest BCUT2D eigenvalue weighted by Gasteiger charge is 2.31. The third-order valence-electron chi connectivity index (χ3n) is 6.90. The Morgan fingerprint density at radius 2 is 1.69 bits per heavy atom. The van der Waals surface area contributed by atoms with Crippen molar-refractivity contribution in [3.05, 3.63) is 130 Å². The Bertz CT molecular complexity index is 1660. The fourth-order valence-electron chi connectivity index (χ4n) is 4.63. The molecule has 0 radical (unpaired) electrons. The predicted octanol–water partition coefficient (Wildman–Crippen LogP) is 7.07. The van der Waals surface area contributed by atoms with Gasteiger partial charge in [0.05, 0.1) is 5.92 Å². The van der Waals surface area contributed by atoms with Crippen molar-refractivity contribution < 1.29 is 23.7 Å². The molecule has 4 aromatic rings. The van der Waals surface area contributed by atoms with Crippen LogP contribution in [0.3, 0.4) is 0 Å². The number of ether oxygens (including phenoxy) is 4. The number of rotatable bonds is 9. The summed E-state index contributed by atoms with van der Waals surface area (Å²) in [7, 11) is 0. The monoisotopic (exact) mass is 580 g/mol. The molecule has 0 fully saturated rings. The molecule has 42 heavy (non-hydrogen) atoms. The zero-order chi connectivity index (χ0) is 29.6. The Hall–Kier alpha value is -4.93. The van der Waals surface area contributed by atoms with Crippen LogP contribution in [0.25, 0.3) is 0 Å². The van der Waals surface area contributed by atoms with Gasteiger partial charge in [0.15, 0.2) is 6.10 Å². The molecule has 0 saturated carbocycles. The van der Waals surface area contributed by atoms with Crippen LogP contribution in [0.4, 0.5) is 0 Å². The molecule has 8 heteroatoms. The summed E-state index contributed by atoms with van der Waals surface area (Å²) in [4.78, 5) is 12.8. The van der Waals surface area contributed by atoms with E-state index in [4.69, 9.17) is 36.3 Å². The van der Waals surface area contributed by atoms with E-state index in [0.29, 0.717) is 34.4 Å². The molecule has 2 N–H and O–H groups in total. The molecule has 7 nitrogen and oxygen atoms in total. The first-order valence-electron chi connectivity index (χ1n) is 13.5. The molecule has 4 aromatic carbocycles. The van der Waals surface area contributed by atoms with Crippen LogP contribution < -0.4 is 24.7 Å². The first-order chi connectivity index (χ1) is 20.3. The van der Waals surface area contributed by atoms with Gasteiger partial charge >= 0.3 is 5.97 Å². The second-order valence-corrected chi connectivity index (χ2v) is 10.2. The number of benzene rings is 4. The average molecular weight is 581 g/mol. The van der Waals surface area contributed by atoms with E-state index in [2.05, 4.69) is 13.0 Å². The molecule has 212 valence electrons. The number of aryl methyl sites for hydroxylation is 1. The quantitative estimate of drug-likeness (QED) is 0.167. The third-order valence-corrected chi connectivity index (χ3v) is 7.15. The van der Waals surface area contributed by atoms with Gasteiger partial charge in [0.25, 0.3) is 0 Å². The minimum Gasteiger partial charge on any atom is -0.489 e. The molecule has 0 bridgehead atoms. The van der Waals surface area contributed by atoms with Crippen molar-refractivity contribution in [2.24, 2.45) is 5.73 Å². The Labute approximate surface area is 249 Å². The number of carbonyl (C=O) groups is 1. The van der Waals surface area contributed by atoms with E-state index >= 15 is 0 Å². The van der Waals surface area contributed by atoms with Gasteiger partial charge in [-0.05, 0) is 72.5 Å². The number of nitriles is 1. The van der Waals surface area contributed by atoms with E-state index < -0.39 is 18.0 Å². The number of fused-ring (bicyclic) bond motifs is 1. The van der Waals surface area contributed by atoms with Gasteiger partial charge in [-0.25, -0.2) is 4.79 Å². The summed E-state index contributed by atoms with van der Waals surface area (Å²) in [6.45, 7) is 4.05. The molecular formula is C34H29ClN2O5. The normalized spacial score (nSPS) is 14.7. The molecule has 2 unspecified atom stereocenters. The molecule has 5 rings (SSSR count). The number of nitrogens with two attached hydrogens (primary N) is 1. The van der Waals surface area contributed by atoms with Crippen LogP contribution >= 0.6 is 11.6 Å². The maximum absolute atomic E-state index is 12.8. The van der Waals surface area contributed by atoms with Crippen molar-refractivity contribution in [1.29, 1.82) is 5.26 Å². The van der Waals surface area contributed by atoms with E-state index in [1.165, 1.54) is 5.56 Å². The molecule has 2 atom stereocenters. The third kappa shape index (κ3) is 6.51. The van der Waals surface area contributed by atoms with Gasteiger partial charge in [0.1, 0.15) is 41.2 Å². The van der Waals surface area contributed by atoms with E-state index in [9.17, 15) is 10.1 Å². The summed E-state index contributed by atoms with van der Waals surface area (Å²) in [6, 6.07) is 29.7. The number of halogens is 1. The number of hydrogen-bond acceptors (Lipinski definition) is 7. The van der Waals surface area contributed by atoms with Crippen molar-refractivity contribution in [1.82, 2.24) is 0 Å². The number of carbonyl (C=O) groups excluding carboxylic acids is 1. The highest BCUT2D eigenvalue weighted by molar-refractivity contribution is 6.30. The van der Waals surface area contributed by atoms with Crippen molar-refractivity contribution in [2.75, 3.05) is 0 Å². The minimum absolute atomic E-state index is 0.0156. The summed E-state index contributed by atoms with van der Waals surface area (Å²) >= 11 is 5.98. The first-order valence-corrected chi connectivity index (χ1v) is 13.9. The summed E-state index contributed by atoms with van der Waals surface area (Å²) < 4.78 is 23.2. The van der Waals surface area contributed by atoms with E-state index in [1.54, 1.807) is 25.1 Å². The summed E-state index contributed by atoms with van der Waals surface area (Å²) in [6.07, 6.45) is 0.0750. The van der Waals surface area contributed by atoms with Crippen molar-refractivity contribution in [3.63, 3.8) is 0 Å². The van der Waals surface area contributed by atoms with Crippen molar-refractivity contribution in [3.8, 4) is 29.1 Å².